The molecule has 0 saturated heterocycles. The molecule has 56 valence electrons. The maximum Gasteiger partial charge on any atom is 0.136 e. The first-order valence-electron chi connectivity index (χ1n) is 3.45. The Morgan fingerprint density at radius 3 is 2.50 bits per heavy atom. The van der Waals surface area contributed by atoms with Gasteiger partial charge in [0.25, 0.3) is 0 Å². The highest BCUT2D eigenvalue weighted by atomic mass is 14.9. The van der Waals surface area contributed by atoms with Crippen molar-refractivity contribution in [1.29, 1.82) is 0 Å². The van der Waals surface area contributed by atoms with E-state index in [0.29, 0.717) is 0 Å². The summed E-state index contributed by atoms with van der Waals surface area (Å²) in [4.78, 5) is 0. The molecule has 0 bridgehead atoms. The first-order valence-corrected chi connectivity index (χ1v) is 3.45. The Morgan fingerprint density at radius 1 is 1.70 bits per heavy atom. The molecular formula is C7H15BN2. The number of allylic oxidation sites excluding steroid dienone is 1. The topological polar surface area (TPSA) is 38.0 Å². The number of rotatable bonds is 3. The Labute approximate surface area is 63.6 Å². The van der Waals surface area contributed by atoms with Crippen LogP contribution < -0.4 is 11.1 Å². The third-order valence-corrected chi connectivity index (χ3v) is 1.25. The van der Waals surface area contributed by atoms with E-state index in [4.69, 9.17) is 5.73 Å². The van der Waals surface area contributed by atoms with E-state index in [1.54, 1.807) is 0 Å². The molecule has 0 radical (unpaired) electrons. The van der Waals surface area contributed by atoms with Gasteiger partial charge in [-0.15, -0.1) is 0 Å². The third-order valence-electron chi connectivity index (χ3n) is 1.25. The second-order valence-electron chi connectivity index (χ2n) is 2.42. The molecule has 0 heterocycles. The van der Waals surface area contributed by atoms with Gasteiger partial charge in [-0.2, -0.15) is 0 Å². The average molecular weight is 138 g/mol. The van der Waals surface area contributed by atoms with Crippen LogP contribution in [0.1, 0.15) is 13.8 Å². The summed E-state index contributed by atoms with van der Waals surface area (Å²) >= 11 is 0. The molecule has 0 aromatic carbocycles. The van der Waals surface area contributed by atoms with Gasteiger partial charge in [-0.05, 0) is 6.92 Å². The van der Waals surface area contributed by atoms with Crippen molar-refractivity contribution >= 4 is 7.85 Å². The van der Waals surface area contributed by atoms with Gasteiger partial charge in [0, 0.05) is 17.9 Å². The maximum atomic E-state index is 5.66. The molecule has 0 aromatic heterocycles. The second-order valence-corrected chi connectivity index (χ2v) is 2.42. The van der Waals surface area contributed by atoms with E-state index in [0.717, 1.165) is 23.4 Å². The van der Waals surface area contributed by atoms with E-state index in [-0.39, 0.29) is 0 Å². The van der Waals surface area contributed by atoms with Gasteiger partial charge in [0.05, 0.1) is 0 Å². The minimum Gasteiger partial charge on any atom is -0.398 e. The molecule has 0 aliphatic carbocycles. The predicted octanol–water partition coefficient (Wildman–Crippen LogP) is -0.0671. The smallest absolute Gasteiger partial charge is 0.136 e. The Hall–Kier alpha value is -0.855. The van der Waals surface area contributed by atoms with Crippen molar-refractivity contribution < 1.29 is 0 Å². The lowest BCUT2D eigenvalue weighted by Gasteiger charge is -2.08. The van der Waals surface area contributed by atoms with E-state index < -0.39 is 0 Å². The summed E-state index contributed by atoms with van der Waals surface area (Å²) in [6.07, 6.45) is 0. The van der Waals surface area contributed by atoms with Gasteiger partial charge in [0.2, 0.25) is 0 Å². The summed E-state index contributed by atoms with van der Waals surface area (Å²) in [5, 5.41) is 3.05. The Balaban J connectivity index is 4.09. The Kier molecular flexibility index (Phi) is 3.69. The van der Waals surface area contributed by atoms with Crippen molar-refractivity contribution in [2.45, 2.75) is 13.8 Å². The van der Waals surface area contributed by atoms with Crippen LogP contribution in [0, 0.1) is 0 Å². The molecule has 3 N–H and O–H groups in total. The minimum absolute atomic E-state index is 0.766. The van der Waals surface area contributed by atoms with E-state index in [2.05, 4.69) is 11.9 Å². The van der Waals surface area contributed by atoms with Gasteiger partial charge < -0.3 is 11.1 Å². The number of likely N-dealkylation sites (N-methyl/N-ethyl adjacent to an activating group) is 1. The molecule has 10 heavy (non-hydrogen) atoms. The van der Waals surface area contributed by atoms with Gasteiger partial charge in [-0.1, -0.05) is 19.0 Å². The molecule has 0 aromatic rings. The first-order chi connectivity index (χ1) is 4.59. The Morgan fingerprint density at radius 2 is 2.20 bits per heavy atom. The summed E-state index contributed by atoms with van der Waals surface area (Å²) in [6, 6.07) is 0. The lowest BCUT2D eigenvalue weighted by atomic mass is 9.95. The SMILES string of the molecule is B/C(C)=C(\N)C(=C)NCC. The van der Waals surface area contributed by atoms with Crippen LogP contribution in [-0.2, 0) is 0 Å². The van der Waals surface area contributed by atoms with E-state index in [1.807, 2.05) is 21.7 Å². The van der Waals surface area contributed by atoms with Gasteiger partial charge >= 0.3 is 0 Å². The highest BCUT2D eigenvalue weighted by Gasteiger charge is 1.95. The molecule has 0 unspecified atom stereocenters. The molecular weight excluding hydrogens is 123 g/mol. The van der Waals surface area contributed by atoms with Crippen LogP contribution in [0.15, 0.2) is 23.4 Å². The third kappa shape index (κ3) is 2.62. The molecule has 2 nitrogen and oxygen atoms in total. The summed E-state index contributed by atoms with van der Waals surface area (Å²) < 4.78 is 0. The fourth-order valence-electron chi connectivity index (χ4n) is 0.610. The maximum absolute atomic E-state index is 5.66. The van der Waals surface area contributed by atoms with Crippen molar-refractivity contribution in [1.82, 2.24) is 5.32 Å². The van der Waals surface area contributed by atoms with Crippen LogP contribution >= 0.6 is 0 Å². The fourth-order valence-corrected chi connectivity index (χ4v) is 0.610. The van der Waals surface area contributed by atoms with Crippen LogP contribution in [0.3, 0.4) is 0 Å². The van der Waals surface area contributed by atoms with Crippen LogP contribution in [0.2, 0.25) is 0 Å². The number of nitrogens with one attached hydrogen (secondary N) is 1. The van der Waals surface area contributed by atoms with Gasteiger partial charge in [0.1, 0.15) is 7.85 Å². The Bertz CT molecular complexity index is 157. The van der Waals surface area contributed by atoms with E-state index in [1.165, 1.54) is 0 Å². The summed E-state index contributed by atoms with van der Waals surface area (Å²) in [7, 11) is 1.97. The molecule has 0 aliphatic rings. The van der Waals surface area contributed by atoms with Crippen LogP contribution in [-0.4, -0.2) is 14.4 Å². The lowest BCUT2D eigenvalue weighted by Crippen LogP contribution is -2.18. The number of nitrogens with two attached hydrogens (primary N) is 1. The van der Waals surface area contributed by atoms with E-state index in [9.17, 15) is 0 Å². The molecule has 0 spiro atoms. The fraction of sp³-hybridized carbons (Fsp3) is 0.429. The van der Waals surface area contributed by atoms with Crippen LogP contribution in [0.4, 0.5) is 0 Å². The van der Waals surface area contributed by atoms with Crippen molar-refractivity contribution in [2.75, 3.05) is 6.54 Å². The molecule has 0 atom stereocenters. The second kappa shape index (κ2) is 4.04. The zero-order valence-corrected chi connectivity index (χ0v) is 6.99. The van der Waals surface area contributed by atoms with Crippen LogP contribution in [0.25, 0.3) is 0 Å². The zero-order chi connectivity index (χ0) is 8.15. The molecule has 0 saturated carbocycles. The standard InChI is InChI=1S/C7H15BN2/c1-4-10-6(3)7(9)5(2)8/h10H,3-4,8-9H2,1-2H3/b7-5-. The first kappa shape index (κ1) is 9.14. The van der Waals surface area contributed by atoms with Crippen molar-refractivity contribution in [3.8, 4) is 0 Å². The molecule has 0 amide bonds. The van der Waals surface area contributed by atoms with Gasteiger partial charge in [-0.3, -0.25) is 0 Å². The molecule has 0 fully saturated rings. The summed E-state index contributed by atoms with van der Waals surface area (Å²) in [6.45, 7) is 8.63. The largest absolute Gasteiger partial charge is 0.398 e. The normalized spacial score (nSPS) is 12.2. The monoisotopic (exact) mass is 138 g/mol. The summed E-state index contributed by atoms with van der Waals surface area (Å²) in [5.41, 5.74) is 8.35. The predicted molar refractivity (Wildman–Crippen MR) is 48.2 cm³/mol. The highest BCUT2D eigenvalue weighted by molar-refractivity contribution is 6.21. The van der Waals surface area contributed by atoms with Gasteiger partial charge in [0.15, 0.2) is 0 Å². The van der Waals surface area contributed by atoms with Gasteiger partial charge in [-0.25, -0.2) is 0 Å². The number of hydrogen-bond donors (Lipinski definition) is 2. The number of hydrogen-bond acceptors (Lipinski definition) is 2. The lowest BCUT2D eigenvalue weighted by molar-refractivity contribution is 0.860. The quantitative estimate of drug-likeness (QED) is 0.423. The molecule has 0 rings (SSSR count). The summed E-state index contributed by atoms with van der Waals surface area (Å²) in [5.74, 6) is 0. The highest BCUT2D eigenvalue weighted by Crippen LogP contribution is 1.99. The molecule has 3 heteroatoms. The van der Waals surface area contributed by atoms with Crippen LogP contribution in [0.5, 0.6) is 0 Å². The van der Waals surface area contributed by atoms with Crippen molar-refractivity contribution in [3.05, 3.63) is 23.4 Å². The van der Waals surface area contributed by atoms with E-state index >= 15 is 0 Å². The van der Waals surface area contributed by atoms with Crippen molar-refractivity contribution in [3.63, 3.8) is 0 Å². The zero-order valence-electron chi connectivity index (χ0n) is 6.99. The average Bonchev–Trinajstić information content (AvgIpc) is 1.87. The van der Waals surface area contributed by atoms with Crippen molar-refractivity contribution in [2.24, 2.45) is 5.73 Å². The molecule has 0 aliphatic heterocycles. The minimum atomic E-state index is 0.766.